The van der Waals surface area contributed by atoms with Gasteiger partial charge in [0.05, 0.1) is 0 Å². The van der Waals surface area contributed by atoms with Gasteiger partial charge in [0.2, 0.25) is 0 Å². The third-order valence-electron chi connectivity index (χ3n) is 3.32. The van der Waals surface area contributed by atoms with Crippen LogP contribution in [-0.4, -0.2) is 0 Å². The molecule has 2 aromatic carbocycles. The number of benzene rings is 2. The first kappa shape index (κ1) is 13.0. The Balaban J connectivity index is 1.86. The van der Waals surface area contributed by atoms with Crippen LogP contribution < -0.4 is 0 Å². The van der Waals surface area contributed by atoms with Crippen LogP contribution in [0.5, 0.6) is 0 Å². The van der Waals surface area contributed by atoms with Crippen molar-refractivity contribution in [3.63, 3.8) is 0 Å². The van der Waals surface area contributed by atoms with Gasteiger partial charge in [-0.2, -0.15) is 0 Å². The summed E-state index contributed by atoms with van der Waals surface area (Å²) in [6.45, 7) is 1.92. The van der Waals surface area contributed by atoms with E-state index in [1.54, 1.807) is 0 Å². The molecule has 1 unspecified atom stereocenters. The molecule has 3 aromatic rings. The van der Waals surface area contributed by atoms with Gasteiger partial charge in [-0.25, -0.2) is 0 Å². The van der Waals surface area contributed by atoms with Gasteiger partial charge in [0.1, 0.15) is 16.9 Å². The highest BCUT2D eigenvalue weighted by molar-refractivity contribution is 6.22. The fourth-order valence-corrected chi connectivity index (χ4v) is 2.49. The molecule has 20 heavy (non-hydrogen) atoms. The monoisotopic (exact) mass is 282 g/mol. The summed E-state index contributed by atoms with van der Waals surface area (Å²) in [5, 5.41) is -0.242. The molecule has 3 rings (SSSR count). The average Bonchev–Trinajstić information content (AvgIpc) is 2.94. The number of furan rings is 1. The van der Waals surface area contributed by atoms with Crippen molar-refractivity contribution in [1.29, 1.82) is 0 Å². The quantitative estimate of drug-likeness (QED) is 0.571. The SMILES string of the molecule is Cc1ccc(C(Cl)c2ccc(-c3ccccc3)cc2)o1. The lowest BCUT2D eigenvalue weighted by molar-refractivity contribution is 0.489. The Kier molecular flexibility index (Phi) is 3.62. The number of hydrogen-bond donors (Lipinski definition) is 0. The zero-order valence-electron chi connectivity index (χ0n) is 11.2. The van der Waals surface area contributed by atoms with Gasteiger partial charge >= 0.3 is 0 Å². The summed E-state index contributed by atoms with van der Waals surface area (Å²) in [5.41, 5.74) is 3.44. The Morgan fingerprint density at radius 3 is 2.05 bits per heavy atom. The van der Waals surface area contributed by atoms with Crippen molar-refractivity contribution in [3.8, 4) is 11.1 Å². The highest BCUT2D eigenvalue weighted by Crippen LogP contribution is 2.31. The van der Waals surface area contributed by atoms with Crippen molar-refractivity contribution in [1.82, 2.24) is 0 Å². The van der Waals surface area contributed by atoms with Crippen LogP contribution in [0.25, 0.3) is 11.1 Å². The van der Waals surface area contributed by atoms with Crippen LogP contribution in [0.4, 0.5) is 0 Å². The van der Waals surface area contributed by atoms with Crippen LogP contribution in [0.15, 0.2) is 71.1 Å². The van der Waals surface area contributed by atoms with Crippen molar-refractivity contribution in [3.05, 3.63) is 83.8 Å². The summed E-state index contributed by atoms with van der Waals surface area (Å²) in [6, 6.07) is 22.5. The summed E-state index contributed by atoms with van der Waals surface area (Å²) in [7, 11) is 0. The second-order valence-corrected chi connectivity index (χ2v) is 5.24. The lowest BCUT2D eigenvalue weighted by Crippen LogP contribution is -1.91. The maximum Gasteiger partial charge on any atom is 0.126 e. The minimum atomic E-state index is -0.242. The lowest BCUT2D eigenvalue weighted by atomic mass is 10.0. The predicted molar refractivity (Wildman–Crippen MR) is 83.0 cm³/mol. The van der Waals surface area contributed by atoms with E-state index >= 15 is 0 Å². The molecule has 1 heterocycles. The average molecular weight is 283 g/mol. The number of rotatable bonds is 3. The lowest BCUT2D eigenvalue weighted by Gasteiger charge is -2.08. The molecule has 1 aromatic heterocycles. The molecule has 0 saturated heterocycles. The smallest absolute Gasteiger partial charge is 0.126 e. The van der Waals surface area contributed by atoms with Crippen LogP contribution in [0.1, 0.15) is 22.5 Å². The third kappa shape index (κ3) is 2.63. The van der Waals surface area contributed by atoms with E-state index in [-0.39, 0.29) is 5.38 Å². The van der Waals surface area contributed by atoms with E-state index in [4.69, 9.17) is 16.0 Å². The summed E-state index contributed by atoms with van der Waals surface area (Å²) in [5.74, 6) is 1.67. The number of aryl methyl sites for hydroxylation is 1. The molecule has 100 valence electrons. The molecule has 0 N–H and O–H groups in total. The molecule has 0 aliphatic heterocycles. The minimum Gasteiger partial charge on any atom is -0.464 e. The molecule has 1 atom stereocenters. The van der Waals surface area contributed by atoms with Gasteiger partial charge in [-0.1, -0.05) is 54.6 Å². The van der Waals surface area contributed by atoms with Gasteiger partial charge in [0, 0.05) is 0 Å². The highest BCUT2D eigenvalue weighted by atomic mass is 35.5. The van der Waals surface area contributed by atoms with Gasteiger partial charge in [-0.15, -0.1) is 11.6 Å². The summed E-state index contributed by atoms with van der Waals surface area (Å²) in [6.07, 6.45) is 0. The molecule has 0 aliphatic rings. The van der Waals surface area contributed by atoms with E-state index in [0.717, 1.165) is 17.1 Å². The van der Waals surface area contributed by atoms with Crippen molar-refractivity contribution in [2.24, 2.45) is 0 Å². The highest BCUT2D eigenvalue weighted by Gasteiger charge is 2.14. The van der Waals surface area contributed by atoms with Crippen LogP contribution >= 0.6 is 11.6 Å². The number of halogens is 1. The van der Waals surface area contributed by atoms with Crippen LogP contribution in [0.3, 0.4) is 0 Å². The summed E-state index contributed by atoms with van der Waals surface area (Å²) < 4.78 is 5.58. The molecule has 0 bridgehead atoms. The van der Waals surface area contributed by atoms with Crippen LogP contribution in [0.2, 0.25) is 0 Å². The zero-order chi connectivity index (χ0) is 13.9. The number of hydrogen-bond acceptors (Lipinski definition) is 1. The fraction of sp³-hybridized carbons (Fsp3) is 0.111. The van der Waals surface area contributed by atoms with Crippen molar-refractivity contribution in [2.45, 2.75) is 12.3 Å². The predicted octanol–water partition coefficient (Wildman–Crippen LogP) is 5.58. The minimum absolute atomic E-state index is 0.242. The Hall–Kier alpha value is -1.99. The second-order valence-electron chi connectivity index (χ2n) is 4.80. The molecule has 2 heteroatoms. The molecular formula is C18H15ClO. The van der Waals surface area contributed by atoms with Crippen molar-refractivity contribution < 1.29 is 4.42 Å². The van der Waals surface area contributed by atoms with Crippen LogP contribution in [0, 0.1) is 6.92 Å². The molecule has 0 fully saturated rings. The van der Waals surface area contributed by atoms with Crippen LogP contribution in [-0.2, 0) is 0 Å². The van der Waals surface area contributed by atoms with E-state index in [2.05, 4.69) is 36.4 Å². The number of alkyl halides is 1. The van der Waals surface area contributed by atoms with Gasteiger partial charge in [-0.3, -0.25) is 0 Å². The van der Waals surface area contributed by atoms with E-state index < -0.39 is 0 Å². The first-order chi connectivity index (χ1) is 9.74. The molecule has 0 amide bonds. The van der Waals surface area contributed by atoms with Gasteiger partial charge in [0.25, 0.3) is 0 Å². The Morgan fingerprint density at radius 2 is 1.45 bits per heavy atom. The van der Waals surface area contributed by atoms with Crippen molar-refractivity contribution in [2.75, 3.05) is 0 Å². The Labute approximate surface area is 123 Å². The largest absolute Gasteiger partial charge is 0.464 e. The molecule has 0 aliphatic carbocycles. The van der Waals surface area contributed by atoms with Crippen molar-refractivity contribution >= 4 is 11.6 Å². The summed E-state index contributed by atoms with van der Waals surface area (Å²) in [4.78, 5) is 0. The first-order valence-corrected chi connectivity index (χ1v) is 7.03. The van der Waals surface area contributed by atoms with E-state index in [0.29, 0.717) is 0 Å². The van der Waals surface area contributed by atoms with Gasteiger partial charge in [-0.05, 0) is 35.7 Å². The van der Waals surface area contributed by atoms with E-state index in [9.17, 15) is 0 Å². The normalized spacial score (nSPS) is 12.3. The Bertz CT molecular complexity index is 683. The molecule has 0 saturated carbocycles. The second kappa shape index (κ2) is 5.56. The maximum absolute atomic E-state index is 6.45. The Morgan fingerprint density at radius 1 is 0.800 bits per heavy atom. The molecule has 0 radical (unpaired) electrons. The topological polar surface area (TPSA) is 13.1 Å². The summed E-state index contributed by atoms with van der Waals surface area (Å²) >= 11 is 6.45. The van der Waals surface area contributed by atoms with Gasteiger partial charge < -0.3 is 4.42 Å². The standard InChI is InChI=1S/C18H15ClO/c1-13-7-12-17(20-13)18(19)16-10-8-15(9-11-16)14-5-3-2-4-6-14/h2-12,18H,1H3. The molecule has 0 spiro atoms. The third-order valence-corrected chi connectivity index (χ3v) is 3.79. The van der Waals surface area contributed by atoms with E-state index in [1.165, 1.54) is 11.1 Å². The molecular weight excluding hydrogens is 268 g/mol. The first-order valence-electron chi connectivity index (χ1n) is 6.60. The van der Waals surface area contributed by atoms with E-state index in [1.807, 2.05) is 37.3 Å². The zero-order valence-corrected chi connectivity index (χ0v) is 12.0. The fourth-order valence-electron chi connectivity index (χ4n) is 2.23. The molecule has 1 nitrogen and oxygen atoms in total. The maximum atomic E-state index is 6.45. The van der Waals surface area contributed by atoms with Gasteiger partial charge in [0.15, 0.2) is 0 Å².